The zero-order valence-electron chi connectivity index (χ0n) is 7.27. The first kappa shape index (κ1) is 7.74. The first-order valence-corrected chi connectivity index (χ1v) is 4.44. The van der Waals surface area contributed by atoms with E-state index in [1.54, 1.807) is 0 Å². The molecule has 2 nitrogen and oxygen atoms in total. The summed E-state index contributed by atoms with van der Waals surface area (Å²) in [6.07, 6.45) is 4.84. The molecule has 0 aromatic carbocycles. The molecule has 0 amide bonds. The lowest BCUT2D eigenvalue weighted by atomic mass is 9.68. The standard InChI is InChI=1S/C10H14N2/c1-7-9(6-10(7)11)8-2-4-12-5-3-8/h2-5,7,9-10H,6,11H2,1H3. The van der Waals surface area contributed by atoms with Crippen LogP contribution in [0.5, 0.6) is 0 Å². The molecule has 1 aliphatic rings. The third-order valence-electron chi connectivity index (χ3n) is 2.97. The van der Waals surface area contributed by atoms with E-state index in [1.165, 1.54) is 5.56 Å². The lowest BCUT2D eigenvalue weighted by Crippen LogP contribution is -2.44. The monoisotopic (exact) mass is 162 g/mol. The third-order valence-corrected chi connectivity index (χ3v) is 2.97. The maximum atomic E-state index is 5.83. The average Bonchev–Trinajstić information content (AvgIpc) is 2.15. The van der Waals surface area contributed by atoms with Crippen LogP contribution in [0, 0.1) is 5.92 Å². The zero-order valence-corrected chi connectivity index (χ0v) is 7.27. The van der Waals surface area contributed by atoms with Crippen LogP contribution in [0.15, 0.2) is 24.5 Å². The van der Waals surface area contributed by atoms with Crippen LogP contribution in [0.1, 0.15) is 24.8 Å². The quantitative estimate of drug-likeness (QED) is 0.680. The second-order valence-electron chi connectivity index (χ2n) is 3.65. The van der Waals surface area contributed by atoms with Gasteiger partial charge in [-0.3, -0.25) is 4.98 Å². The van der Waals surface area contributed by atoms with Gasteiger partial charge in [-0.2, -0.15) is 0 Å². The van der Waals surface area contributed by atoms with Crippen molar-refractivity contribution < 1.29 is 0 Å². The molecular weight excluding hydrogens is 148 g/mol. The maximum Gasteiger partial charge on any atom is 0.0270 e. The number of nitrogens with two attached hydrogens (primary N) is 1. The van der Waals surface area contributed by atoms with Crippen LogP contribution in [0.25, 0.3) is 0 Å². The van der Waals surface area contributed by atoms with Crippen LogP contribution in [0.3, 0.4) is 0 Å². The largest absolute Gasteiger partial charge is 0.327 e. The van der Waals surface area contributed by atoms with E-state index in [2.05, 4.69) is 24.0 Å². The van der Waals surface area contributed by atoms with Crippen molar-refractivity contribution in [3.63, 3.8) is 0 Å². The Morgan fingerprint density at radius 2 is 2.08 bits per heavy atom. The van der Waals surface area contributed by atoms with Crippen molar-refractivity contribution in [3.8, 4) is 0 Å². The summed E-state index contributed by atoms with van der Waals surface area (Å²) in [7, 11) is 0. The molecule has 0 spiro atoms. The average molecular weight is 162 g/mol. The molecule has 2 rings (SSSR count). The van der Waals surface area contributed by atoms with E-state index in [-0.39, 0.29) is 0 Å². The first-order chi connectivity index (χ1) is 5.79. The van der Waals surface area contributed by atoms with Gasteiger partial charge in [0.05, 0.1) is 0 Å². The summed E-state index contributed by atoms with van der Waals surface area (Å²) < 4.78 is 0. The highest BCUT2D eigenvalue weighted by Gasteiger charge is 2.35. The number of rotatable bonds is 1. The molecule has 3 atom stereocenters. The number of hydrogen-bond donors (Lipinski definition) is 1. The molecule has 1 fully saturated rings. The molecule has 1 heterocycles. The molecular formula is C10H14N2. The molecule has 1 aromatic heterocycles. The van der Waals surface area contributed by atoms with Crippen molar-refractivity contribution in [2.75, 3.05) is 0 Å². The summed E-state index contributed by atoms with van der Waals surface area (Å²) in [6.45, 7) is 2.22. The molecule has 0 saturated heterocycles. The molecule has 1 saturated carbocycles. The van der Waals surface area contributed by atoms with Gasteiger partial charge in [-0.05, 0) is 36.0 Å². The van der Waals surface area contributed by atoms with Gasteiger partial charge >= 0.3 is 0 Å². The first-order valence-electron chi connectivity index (χ1n) is 4.44. The van der Waals surface area contributed by atoms with E-state index in [1.807, 2.05) is 12.4 Å². The lowest BCUT2D eigenvalue weighted by molar-refractivity contribution is 0.226. The fraction of sp³-hybridized carbons (Fsp3) is 0.500. The van der Waals surface area contributed by atoms with Crippen molar-refractivity contribution in [3.05, 3.63) is 30.1 Å². The van der Waals surface area contributed by atoms with E-state index in [0.29, 0.717) is 17.9 Å². The number of hydrogen-bond acceptors (Lipinski definition) is 2. The van der Waals surface area contributed by atoms with Gasteiger partial charge in [0, 0.05) is 18.4 Å². The molecule has 2 heteroatoms. The lowest BCUT2D eigenvalue weighted by Gasteiger charge is -2.40. The summed E-state index contributed by atoms with van der Waals surface area (Å²) in [5, 5.41) is 0. The Hall–Kier alpha value is -0.890. The van der Waals surface area contributed by atoms with Crippen LogP contribution >= 0.6 is 0 Å². The number of aromatic nitrogens is 1. The summed E-state index contributed by atoms with van der Waals surface area (Å²) in [5.74, 6) is 1.30. The molecule has 12 heavy (non-hydrogen) atoms. The van der Waals surface area contributed by atoms with Gasteiger partial charge in [-0.15, -0.1) is 0 Å². The highest BCUT2D eigenvalue weighted by Crippen LogP contribution is 2.40. The summed E-state index contributed by atoms with van der Waals surface area (Å²) >= 11 is 0. The van der Waals surface area contributed by atoms with Crippen molar-refractivity contribution in [1.82, 2.24) is 4.98 Å². The highest BCUT2D eigenvalue weighted by molar-refractivity contribution is 5.21. The van der Waals surface area contributed by atoms with Gasteiger partial charge in [0.1, 0.15) is 0 Å². The second-order valence-corrected chi connectivity index (χ2v) is 3.65. The fourth-order valence-electron chi connectivity index (χ4n) is 1.88. The molecule has 3 unspecified atom stereocenters. The van der Waals surface area contributed by atoms with Gasteiger partial charge in [0.15, 0.2) is 0 Å². The summed E-state index contributed by atoms with van der Waals surface area (Å²) in [4.78, 5) is 4.00. The molecule has 0 bridgehead atoms. The van der Waals surface area contributed by atoms with Gasteiger partial charge in [-0.25, -0.2) is 0 Å². The van der Waals surface area contributed by atoms with Crippen LogP contribution in [0.2, 0.25) is 0 Å². The number of pyridine rings is 1. The number of nitrogens with zero attached hydrogens (tertiary/aromatic N) is 1. The second kappa shape index (κ2) is 2.87. The van der Waals surface area contributed by atoms with Crippen molar-refractivity contribution in [2.24, 2.45) is 11.7 Å². The van der Waals surface area contributed by atoms with Crippen LogP contribution in [-0.4, -0.2) is 11.0 Å². The fourth-order valence-corrected chi connectivity index (χ4v) is 1.88. The topological polar surface area (TPSA) is 38.9 Å². The SMILES string of the molecule is CC1C(N)CC1c1ccncc1. The molecule has 1 aliphatic carbocycles. The predicted octanol–water partition coefficient (Wildman–Crippen LogP) is 1.53. The Kier molecular flexibility index (Phi) is 1.85. The van der Waals surface area contributed by atoms with Gasteiger partial charge in [0.25, 0.3) is 0 Å². The van der Waals surface area contributed by atoms with E-state index in [0.717, 1.165) is 6.42 Å². The minimum absolute atomic E-state index is 0.406. The van der Waals surface area contributed by atoms with Gasteiger partial charge < -0.3 is 5.73 Å². The zero-order chi connectivity index (χ0) is 8.55. The smallest absolute Gasteiger partial charge is 0.0270 e. The minimum atomic E-state index is 0.406. The Labute approximate surface area is 72.8 Å². The van der Waals surface area contributed by atoms with E-state index >= 15 is 0 Å². The van der Waals surface area contributed by atoms with Crippen LogP contribution in [-0.2, 0) is 0 Å². The van der Waals surface area contributed by atoms with E-state index < -0.39 is 0 Å². The molecule has 2 N–H and O–H groups in total. The Bertz CT molecular complexity index is 258. The summed E-state index contributed by atoms with van der Waals surface area (Å²) in [5.41, 5.74) is 7.22. The predicted molar refractivity (Wildman–Crippen MR) is 48.7 cm³/mol. The molecule has 0 aliphatic heterocycles. The van der Waals surface area contributed by atoms with Crippen LogP contribution < -0.4 is 5.73 Å². The highest BCUT2D eigenvalue weighted by atomic mass is 14.7. The minimum Gasteiger partial charge on any atom is -0.327 e. The molecule has 0 radical (unpaired) electrons. The third kappa shape index (κ3) is 1.12. The van der Waals surface area contributed by atoms with Gasteiger partial charge in [-0.1, -0.05) is 6.92 Å². The molecule has 64 valence electrons. The van der Waals surface area contributed by atoms with Crippen molar-refractivity contribution >= 4 is 0 Å². The summed E-state index contributed by atoms with van der Waals surface area (Å²) in [6, 6.07) is 4.59. The van der Waals surface area contributed by atoms with E-state index in [9.17, 15) is 0 Å². The maximum absolute atomic E-state index is 5.83. The molecule has 1 aromatic rings. The van der Waals surface area contributed by atoms with Gasteiger partial charge in [0.2, 0.25) is 0 Å². The Morgan fingerprint density at radius 3 is 2.58 bits per heavy atom. The Balaban J connectivity index is 2.13. The van der Waals surface area contributed by atoms with Crippen molar-refractivity contribution in [1.29, 1.82) is 0 Å². The normalized spacial score (nSPS) is 34.3. The van der Waals surface area contributed by atoms with E-state index in [4.69, 9.17) is 5.73 Å². The Morgan fingerprint density at radius 1 is 1.42 bits per heavy atom. The van der Waals surface area contributed by atoms with Crippen molar-refractivity contribution in [2.45, 2.75) is 25.3 Å². The van der Waals surface area contributed by atoms with Crippen LogP contribution in [0.4, 0.5) is 0 Å².